The monoisotopic (exact) mass is 596 g/mol. The van der Waals surface area contributed by atoms with E-state index in [9.17, 15) is 57.5 Å². The summed E-state index contributed by atoms with van der Waals surface area (Å²) in [5.74, 6) is -3.58. The standard InChI is InChI=1S/C12H11F3O2.C10H6F6O5S/c1-17-11(16)8-4-5-9(7-2-3-7)10(6-8)12(13,14)15;1-20-8(17)5-2-3-7(6(4-5)9(11,12)13)21-22(18,19)10(14,15)16/h4-7H,2-3H2,1H3;2-4H,1H3. The predicted octanol–water partition coefficient (Wildman–Crippen LogP) is 6.09. The highest BCUT2D eigenvalue weighted by molar-refractivity contribution is 7.88. The third-order valence-corrected chi connectivity index (χ3v) is 5.95. The maximum atomic E-state index is 12.8. The molecule has 7 nitrogen and oxygen atoms in total. The highest BCUT2D eigenvalue weighted by Gasteiger charge is 2.50. The third kappa shape index (κ3) is 8.00. The Morgan fingerprint density at radius 3 is 1.56 bits per heavy atom. The molecular formula is C22H17F9O7S. The van der Waals surface area contributed by atoms with Crippen LogP contribution in [0.25, 0.3) is 0 Å². The van der Waals surface area contributed by atoms with Crippen molar-refractivity contribution in [2.24, 2.45) is 0 Å². The SMILES string of the molecule is COC(=O)c1ccc(C2CC2)c(C(F)(F)F)c1.COC(=O)c1ccc(OS(=O)(=O)C(F)(F)F)c(C(F)(F)F)c1. The summed E-state index contributed by atoms with van der Waals surface area (Å²) >= 11 is 0. The molecule has 2 aromatic carbocycles. The highest BCUT2D eigenvalue weighted by atomic mass is 32.2. The van der Waals surface area contributed by atoms with Crippen LogP contribution in [0.3, 0.4) is 0 Å². The second kappa shape index (κ2) is 11.3. The lowest BCUT2D eigenvalue weighted by molar-refractivity contribution is -0.139. The third-order valence-electron chi connectivity index (χ3n) is 4.99. The summed E-state index contributed by atoms with van der Waals surface area (Å²) < 4.78 is 147. The quantitative estimate of drug-likeness (QED) is 0.178. The summed E-state index contributed by atoms with van der Waals surface area (Å²) in [5, 5.41) is 0. The molecule has 0 unspecified atom stereocenters. The molecule has 0 saturated heterocycles. The van der Waals surface area contributed by atoms with E-state index < -0.39 is 62.4 Å². The van der Waals surface area contributed by atoms with Crippen LogP contribution in [0.2, 0.25) is 0 Å². The van der Waals surface area contributed by atoms with Crippen LogP contribution in [0, 0.1) is 0 Å². The Kier molecular flexibility index (Phi) is 9.20. The number of hydrogen-bond donors (Lipinski definition) is 0. The fraction of sp³-hybridized carbons (Fsp3) is 0.364. The Bertz CT molecular complexity index is 1330. The molecule has 1 aliphatic carbocycles. The number of carbonyl (C=O) groups is 2. The summed E-state index contributed by atoms with van der Waals surface area (Å²) in [5.41, 5.74) is -8.93. The Hall–Kier alpha value is -3.50. The van der Waals surface area contributed by atoms with Crippen molar-refractivity contribution in [1.82, 2.24) is 0 Å². The van der Waals surface area contributed by atoms with Gasteiger partial charge in [0, 0.05) is 0 Å². The molecule has 0 bridgehead atoms. The minimum Gasteiger partial charge on any atom is -0.465 e. The van der Waals surface area contributed by atoms with Crippen LogP contribution in [0.4, 0.5) is 39.5 Å². The molecule has 0 aliphatic heterocycles. The topological polar surface area (TPSA) is 96.0 Å². The number of benzene rings is 2. The van der Waals surface area contributed by atoms with Crippen LogP contribution in [-0.2, 0) is 31.9 Å². The van der Waals surface area contributed by atoms with Gasteiger partial charge in [-0.3, -0.25) is 0 Å². The molecule has 1 aliphatic rings. The summed E-state index contributed by atoms with van der Waals surface area (Å²) in [4.78, 5) is 22.3. The predicted molar refractivity (Wildman–Crippen MR) is 113 cm³/mol. The van der Waals surface area contributed by atoms with E-state index in [1.807, 2.05) is 0 Å². The zero-order chi connectivity index (χ0) is 30.0. The molecule has 2 aromatic rings. The molecule has 0 aromatic heterocycles. The zero-order valence-corrected chi connectivity index (χ0v) is 20.4. The minimum atomic E-state index is -6.29. The van der Waals surface area contributed by atoms with E-state index in [0.717, 1.165) is 33.1 Å². The maximum Gasteiger partial charge on any atom is 0.534 e. The molecule has 1 saturated carbocycles. The Morgan fingerprint density at radius 2 is 1.18 bits per heavy atom. The van der Waals surface area contributed by atoms with E-state index >= 15 is 0 Å². The molecule has 17 heteroatoms. The first-order valence-corrected chi connectivity index (χ1v) is 11.7. The van der Waals surface area contributed by atoms with Crippen molar-refractivity contribution in [3.05, 3.63) is 64.2 Å². The van der Waals surface area contributed by atoms with Gasteiger partial charge in [0.1, 0.15) is 5.56 Å². The van der Waals surface area contributed by atoms with E-state index in [1.54, 1.807) is 0 Å². The average Bonchev–Trinajstić information content (AvgIpc) is 3.66. The molecule has 39 heavy (non-hydrogen) atoms. The van der Waals surface area contributed by atoms with Crippen LogP contribution in [0.1, 0.15) is 56.2 Å². The summed E-state index contributed by atoms with van der Waals surface area (Å²) in [6.07, 6.45) is -8.14. The van der Waals surface area contributed by atoms with Gasteiger partial charge in [-0.15, -0.1) is 0 Å². The largest absolute Gasteiger partial charge is 0.534 e. The average molecular weight is 596 g/mol. The van der Waals surface area contributed by atoms with Gasteiger partial charge < -0.3 is 13.7 Å². The zero-order valence-electron chi connectivity index (χ0n) is 19.6. The van der Waals surface area contributed by atoms with Crippen molar-refractivity contribution in [2.45, 2.75) is 36.6 Å². The summed E-state index contributed by atoms with van der Waals surface area (Å²) in [6, 6.07) is 4.66. The maximum absolute atomic E-state index is 12.8. The fourth-order valence-electron chi connectivity index (χ4n) is 3.03. The molecule has 0 heterocycles. The number of rotatable bonds is 5. The van der Waals surface area contributed by atoms with Gasteiger partial charge in [-0.25, -0.2) is 9.59 Å². The van der Waals surface area contributed by atoms with Crippen LogP contribution in [0.15, 0.2) is 36.4 Å². The number of methoxy groups -OCH3 is 2. The van der Waals surface area contributed by atoms with Gasteiger partial charge in [0.2, 0.25) is 0 Å². The molecule has 216 valence electrons. The van der Waals surface area contributed by atoms with Crippen molar-refractivity contribution in [3.63, 3.8) is 0 Å². The normalized spacial score (nSPS) is 14.1. The molecular weight excluding hydrogens is 579 g/mol. The van der Waals surface area contributed by atoms with E-state index in [4.69, 9.17) is 0 Å². The van der Waals surface area contributed by atoms with Crippen molar-refractivity contribution in [1.29, 1.82) is 0 Å². The van der Waals surface area contributed by atoms with E-state index in [2.05, 4.69) is 13.7 Å². The summed E-state index contributed by atoms with van der Waals surface area (Å²) in [7, 11) is -4.28. The van der Waals surface area contributed by atoms with Crippen LogP contribution < -0.4 is 4.18 Å². The van der Waals surface area contributed by atoms with E-state index in [1.165, 1.54) is 12.1 Å². The number of carbonyl (C=O) groups excluding carboxylic acids is 2. The van der Waals surface area contributed by atoms with Crippen molar-refractivity contribution in [2.75, 3.05) is 14.2 Å². The van der Waals surface area contributed by atoms with Gasteiger partial charge in [-0.2, -0.15) is 47.9 Å². The molecule has 1 fully saturated rings. The minimum absolute atomic E-state index is 0.0154. The smallest absolute Gasteiger partial charge is 0.465 e. The van der Waals surface area contributed by atoms with Crippen molar-refractivity contribution in [3.8, 4) is 5.75 Å². The lowest BCUT2D eigenvalue weighted by atomic mass is 10.00. The molecule has 3 rings (SSSR count). The van der Waals surface area contributed by atoms with Gasteiger partial charge in [-0.05, 0) is 54.7 Å². The summed E-state index contributed by atoms with van der Waals surface area (Å²) in [6.45, 7) is 0. The van der Waals surface area contributed by atoms with Crippen LogP contribution in [0.5, 0.6) is 5.75 Å². The Morgan fingerprint density at radius 1 is 0.744 bits per heavy atom. The number of esters is 2. The highest BCUT2D eigenvalue weighted by Crippen LogP contribution is 2.46. The Labute approximate surface area is 214 Å². The van der Waals surface area contributed by atoms with E-state index in [-0.39, 0.29) is 29.2 Å². The fourth-order valence-corrected chi connectivity index (χ4v) is 3.51. The first-order chi connectivity index (χ1) is 17.7. The van der Waals surface area contributed by atoms with E-state index in [0.29, 0.717) is 6.07 Å². The lowest BCUT2D eigenvalue weighted by Crippen LogP contribution is -2.29. The molecule has 0 amide bonds. The van der Waals surface area contributed by atoms with Crippen LogP contribution >= 0.6 is 0 Å². The number of halogens is 9. The van der Waals surface area contributed by atoms with Crippen molar-refractivity contribution < 1.29 is 71.2 Å². The Balaban J connectivity index is 0.000000282. The number of hydrogen-bond acceptors (Lipinski definition) is 7. The van der Waals surface area contributed by atoms with Gasteiger partial charge in [0.05, 0.1) is 30.9 Å². The second-order valence-electron chi connectivity index (χ2n) is 7.75. The first-order valence-electron chi connectivity index (χ1n) is 10.3. The van der Waals surface area contributed by atoms with Gasteiger partial charge in [-0.1, -0.05) is 6.07 Å². The second-order valence-corrected chi connectivity index (χ2v) is 9.29. The number of alkyl halides is 9. The molecule has 0 radical (unpaired) electrons. The molecule has 0 spiro atoms. The van der Waals surface area contributed by atoms with Gasteiger partial charge >= 0.3 is 39.9 Å². The van der Waals surface area contributed by atoms with Crippen LogP contribution in [-0.4, -0.2) is 40.1 Å². The van der Waals surface area contributed by atoms with Gasteiger partial charge in [0.25, 0.3) is 0 Å². The molecule has 0 atom stereocenters. The lowest BCUT2D eigenvalue weighted by Gasteiger charge is -2.15. The first kappa shape index (κ1) is 31.7. The number of ether oxygens (including phenoxy) is 2. The van der Waals surface area contributed by atoms with Crippen molar-refractivity contribution >= 4 is 22.1 Å². The molecule has 0 N–H and O–H groups in total. The van der Waals surface area contributed by atoms with Gasteiger partial charge in [0.15, 0.2) is 5.75 Å².